The van der Waals surface area contributed by atoms with E-state index < -0.39 is 8.53 Å². The molecule has 0 saturated carbocycles. The van der Waals surface area contributed by atoms with Crippen molar-refractivity contribution in [1.29, 1.82) is 0 Å². The maximum absolute atomic E-state index is 13.0. The van der Waals surface area contributed by atoms with Crippen molar-refractivity contribution in [1.82, 2.24) is 9.57 Å². The maximum Gasteiger partial charge on any atom is 0.261 e. The number of carbonyl (C=O) groups excluding carboxylic acids is 1. The van der Waals surface area contributed by atoms with Gasteiger partial charge in [-0.1, -0.05) is 33.1 Å². The van der Waals surface area contributed by atoms with Gasteiger partial charge < -0.3 is 14.3 Å². The van der Waals surface area contributed by atoms with Gasteiger partial charge in [0.2, 0.25) is 12.5 Å². The zero-order valence-corrected chi connectivity index (χ0v) is 20.3. The lowest BCUT2D eigenvalue weighted by Gasteiger charge is -2.38. The fraction of sp³-hybridized carbons (Fsp3) is 0.909. The van der Waals surface area contributed by atoms with Crippen molar-refractivity contribution in [2.75, 3.05) is 13.2 Å². The van der Waals surface area contributed by atoms with Crippen molar-refractivity contribution < 1.29 is 13.8 Å². The summed E-state index contributed by atoms with van der Waals surface area (Å²) in [7, 11) is -1.32. The van der Waals surface area contributed by atoms with Crippen molar-refractivity contribution in [3.8, 4) is 0 Å². The molecule has 7 heteroatoms. The number of hydrogen-bond donors (Lipinski definition) is 0. The summed E-state index contributed by atoms with van der Waals surface area (Å²) in [4.78, 5) is 18.4. The average molecular weight is 428 g/mol. The lowest BCUT2D eigenvalue weighted by molar-refractivity contribution is -0.139. The van der Waals surface area contributed by atoms with E-state index in [2.05, 4.69) is 51.1 Å². The van der Waals surface area contributed by atoms with E-state index in [-0.39, 0.29) is 30.3 Å². The van der Waals surface area contributed by atoms with Crippen LogP contribution in [0, 0.1) is 6.57 Å². The molecule has 0 N–H and O–H groups in total. The fourth-order valence-corrected chi connectivity index (χ4v) is 5.65. The summed E-state index contributed by atoms with van der Waals surface area (Å²) in [6.07, 6.45) is 7.59. The highest BCUT2D eigenvalue weighted by Gasteiger charge is 2.40. The normalized spacial score (nSPS) is 20.6. The van der Waals surface area contributed by atoms with Crippen LogP contribution in [0.3, 0.4) is 0 Å². The Balaban J connectivity index is 2.89. The molecule has 0 bridgehead atoms. The highest BCUT2D eigenvalue weighted by atomic mass is 31.2. The van der Waals surface area contributed by atoms with Gasteiger partial charge in [-0.25, -0.2) is 11.2 Å². The molecule has 3 atom stereocenters. The molecule has 168 valence electrons. The zero-order valence-electron chi connectivity index (χ0n) is 19.4. The second-order valence-electron chi connectivity index (χ2n) is 8.33. The summed E-state index contributed by atoms with van der Waals surface area (Å²) in [5.74, 6) is 0.215. The third-order valence-corrected chi connectivity index (χ3v) is 7.45. The maximum atomic E-state index is 13.0. The Bertz CT molecular complexity index is 502. The first-order valence-corrected chi connectivity index (χ1v) is 12.5. The van der Waals surface area contributed by atoms with E-state index in [4.69, 9.17) is 15.6 Å². The first kappa shape index (κ1) is 26.3. The largest absolute Gasteiger partial charge is 0.314 e. The molecule has 1 fully saturated rings. The monoisotopic (exact) mass is 427 g/mol. The molecule has 6 nitrogen and oxygen atoms in total. The highest BCUT2D eigenvalue weighted by molar-refractivity contribution is 7.44. The van der Waals surface area contributed by atoms with Crippen LogP contribution >= 0.6 is 8.53 Å². The van der Waals surface area contributed by atoms with E-state index in [1.807, 2.05) is 4.90 Å². The fourth-order valence-electron chi connectivity index (χ4n) is 3.94. The number of rotatable bonds is 14. The van der Waals surface area contributed by atoms with E-state index in [1.54, 1.807) is 0 Å². The van der Waals surface area contributed by atoms with Crippen molar-refractivity contribution in [3.05, 3.63) is 11.4 Å². The smallest absolute Gasteiger partial charge is 0.261 e. The highest BCUT2D eigenvalue weighted by Crippen LogP contribution is 2.49. The molecule has 0 aromatic carbocycles. The van der Waals surface area contributed by atoms with Crippen molar-refractivity contribution in [2.24, 2.45) is 0 Å². The number of amides is 1. The molecule has 0 aliphatic carbocycles. The molecule has 1 saturated heterocycles. The van der Waals surface area contributed by atoms with Gasteiger partial charge in [0.1, 0.15) is 12.8 Å². The van der Waals surface area contributed by atoms with Crippen molar-refractivity contribution in [3.63, 3.8) is 0 Å². The summed E-state index contributed by atoms with van der Waals surface area (Å²) in [6, 6.07) is 0.775. The Morgan fingerprint density at radius 1 is 1.17 bits per heavy atom. The molecule has 1 aliphatic heterocycles. The Hall–Kier alpha value is -0.730. The lowest BCUT2D eigenvalue weighted by atomic mass is 10.1. The molecule has 1 aliphatic rings. The summed E-state index contributed by atoms with van der Waals surface area (Å²) >= 11 is 0. The van der Waals surface area contributed by atoms with Gasteiger partial charge in [-0.3, -0.25) is 9.32 Å². The summed E-state index contributed by atoms with van der Waals surface area (Å²) in [6.45, 7) is 20.6. The predicted octanol–water partition coefficient (Wildman–Crippen LogP) is 5.98. The Morgan fingerprint density at radius 3 is 2.41 bits per heavy atom. The van der Waals surface area contributed by atoms with Gasteiger partial charge in [0, 0.05) is 24.5 Å². The van der Waals surface area contributed by atoms with Gasteiger partial charge in [0.05, 0.1) is 0 Å². The lowest BCUT2D eigenvalue weighted by Crippen LogP contribution is -2.43. The molecule has 0 aromatic rings. The minimum atomic E-state index is -1.32. The molecular formula is C22H42N3O3P. The van der Waals surface area contributed by atoms with E-state index in [1.165, 1.54) is 12.8 Å². The molecule has 0 aromatic heterocycles. The zero-order chi connectivity index (χ0) is 21.8. The summed E-state index contributed by atoms with van der Waals surface area (Å²) < 4.78 is 14.8. The molecule has 0 radical (unpaired) electrons. The van der Waals surface area contributed by atoms with Crippen LogP contribution in [-0.2, 0) is 13.8 Å². The third-order valence-electron chi connectivity index (χ3n) is 5.32. The number of likely N-dealkylation sites (tertiary alicyclic amines) is 1. The van der Waals surface area contributed by atoms with Gasteiger partial charge in [0.15, 0.2) is 0 Å². The van der Waals surface area contributed by atoms with Gasteiger partial charge in [-0.15, -0.1) is 0 Å². The molecule has 1 amide bonds. The average Bonchev–Trinajstić information content (AvgIpc) is 3.07. The van der Waals surface area contributed by atoms with Gasteiger partial charge in [-0.2, -0.15) is 0 Å². The van der Waals surface area contributed by atoms with Crippen LogP contribution in [0.15, 0.2) is 0 Å². The van der Waals surface area contributed by atoms with Crippen molar-refractivity contribution in [2.45, 2.75) is 117 Å². The minimum absolute atomic E-state index is 0.215. The van der Waals surface area contributed by atoms with E-state index in [0.717, 1.165) is 32.1 Å². The van der Waals surface area contributed by atoms with Crippen LogP contribution in [0.4, 0.5) is 0 Å². The topological polar surface area (TPSA) is 46.4 Å². The minimum Gasteiger partial charge on any atom is -0.314 e. The number of unbranched alkanes of at least 4 members (excludes halogenated alkanes) is 3. The van der Waals surface area contributed by atoms with E-state index >= 15 is 0 Å². The molecule has 1 unspecified atom stereocenters. The first-order chi connectivity index (χ1) is 13.9. The Kier molecular flexibility index (Phi) is 13.0. The molecule has 29 heavy (non-hydrogen) atoms. The SMILES string of the molecule is [C-]#[N+]CCOP(O[C@H]1CC[C@@H](CC)N1C(=O)CCCCCC)N(C(C)C)C(C)C. The quantitative estimate of drug-likeness (QED) is 0.194. The Labute approximate surface area is 180 Å². The summed E-state index contributed by atoms with van der Waals surface area (Å²) in [5, 5.41) is 0. The number of nitrogens with zero attached hydrogens (tertiary/aromatic N) is 3. The van der Waals surface area contributed by atoms with Gasteiger partial charge in [-0.05, 0) is 53.4 Å². The van der Waals surface area contributed by atoms with Crippen LogP contribution in [0.5, 0.6) is 0 Å². The predicted molar refractivity (Wildman–Crippen MR) is 120 cm³/mol. The second-order valence-corrected chi connectivity index (χ2v) is 9.74. The van der Waals surface area contributed by atoms with Gasteiger partial charge in [0.25, 0.3) is 8.53 Å². The molecule has 0 spiro atoms. The van der Waals surface area contributed by atoms with Crippen LogP contribution < -0.4 is 0 Å². The van der Waals surface area contributed by atoms with Gasteiger partial charge >= 0.3 is 0 Å². The molecule has 1 heterocycles. The molecule has 1 rings (SSSR count). The third kappa shape index (κ3) is 8.50. The van der Waals surface area contributed by atoms with E-state index in [9.17, 15) is 4.79 Å². The number of carbonyl (C=O) groups is 1. The summed E-state index contributed by atoms with van der Waals surface area (Å²) in [5.41, 5.74) is 0. The van der Waals surface area contributed by atoms with Crippen LogP contribution in [0.2, 0.25) is 0 Å². The standard InChI is InChI=1S/C22H42N3O3P/c1-8-10-11-12-13-21(26)24-20(9-2)14-15-22(24)28-29(27-17-16-23-7)25(18(3)4)19(5)6/h18-20,22H,8-17H2,1-6H3/t20-,22+,29?/m1/s1. The van der Waals surface area contributed by atoms with Crippen LogP contribution in [-0.4, -0.2) is 53.0 Å². The van der Waals surface area contributed by atoms with E-state index in [0.29, 0.717) is 19.6 Å². The Morgan fingerprint density at radius 2 is 1.86 bits per heavy atom. The van der Waals surface area contributed by atoms with Crippen molar-refractivity contribution >= 4 is 14.4 Å². The first-order valence-electron chi connectivity index (χ1n) is 11.4. The molecular weight excluding hydrogens is 385 g/mol. The second kappa shape index (κ2) is 14.3. The van der Waals surface area contributed by atoms with Crippen LogP contribution in [0.1, 0.15) is 92.9 Å². The number of hydrogen-bond acceptors (Lipinski definition) is 4. The van der Waals surface area contributed by atoms with Crippen LogP contribution in [0.25, 0.3) is 4.85 Å².